The molecular formula is C15H18F3NO. The second-order valence-electron chi connectivity index (χ2n) is 5.14. The first kappa shape index (κ1) is 16.5. The van der Waals surface area contributed by atoms with Crippen LogP contribution in [0, 0.1) is 17.2 Å². The third-order valence-corrected chi connectivity index (χ3v) is 3.62. The van der Waals surface area contributed by atoms with E-state index in [1.807, 2.05) is 0 Å². The second kappa shape index (κ2) is 6.27. The lowest BCUT2D eigenvalue weighted by atomic mass is 9.69. The molecule has 0 amide bonds. The largest absolute Gasteiger partial charge is 0.416 e. The lowest BCUT2D eigenvalue weighted by Crippen LogP contribution is -2.31. The van der Waals surface area contributed by atoms with Crippen LogP contribution in [-0.2, 0) is 11.6 Å². The van der Waals surface area contributed by atoms with Crippen LogP contribution in [-0.4, -0.2) is 11.7 Å². The Balaban J connectivity index is 3.32. The zero-order valence-corrected chi connectivity index (χ0v) is 11.5. The number of hydrogen-bond acceptors (Lipinski definition) is 2. The SMILES string of the molecule is CC(C)C(C#N)(CCCO)c1cccc(C(F)(F)F)c1. The molecule has 1 aromatic rings. The highest BCUT2D eigenvalue weighted by Gasteiger charge is 2.38. The summed E-state index contributed by atoms with van der Waals surface area (Å²) < 4.78 is 38.4. The van der Waals surface area contributed by atoms with Gasteiger partial charge in [0.05, 0.1) is 17.0 Å². The number of nitriles is 1. The van der Waals surface area contributed by atoms with E-state index >= 15 is 0 Å². The van der Waals surface area contributed by atoms with Gasteiger partial charge in [-0.05, 0) is 30.4 Å². The lowest BCUT2D eigenvalue weighted by molar-refractivity contribution is -0.137. The van der Waals surface area contributed by atoms with Crippen LogP contribution in [0.25, 0.3) is 0 Å². The Hall–Kier alpha value is -1.54. The van der Waals surface area contributed by atoms with E-state index < -0.39 is 17.2 Å². The Kier molecular flexibility index (Phi) is 5.18. The standard InChI is InChI=1S/C15H18F3NO/c1-11(2)14(10-19,7-4-8-20)12-5-3-6-13(9-12)15(16,17)18/h3,5-6,9,11,20H,4,7-8H2,1-2H3. The Morgan fingerprint density at radius 2 is 1.85 bits per heavy atom. The summed E-state index contributed by atoms with van der Waals surface area (Å²) >= 11 is 0. The van der Waals surface area contributed by atoms with Gasteiger partial charge in [-0.3, -0.25) is 0 Å². The number of hydrogen-bond donors (Lipinski definition) is 1. The molecule has 110 valence electrons. The quantitative estimate of drug-likeness (QED) is 0.891. The minimum absolute atomic E-state index is 0.0882. The van der Waals surface area contributed by atoms with Crippen molar-refractivity contribution in [3.8, 4) is 6.07 Å². The van der Waals surface area contributed by atoms with Gasteiger partial charge in [0.1, 0.15) is 0 Å². The highest BCUT2D eigenvalue weighted by atomic mass is 19.4. The molecule has 0 spiro atoms. The van der Waals surface area contributed by atoms with Crippen molar-refractivity contribution in [2.45, 2.75) is 38.3 Å². The number of aliphatic hydroxyl groups is 1. The minimum Gasteiger partial charge on any atom is -0.396 e. The van der Waals surface area contributed by atoms with Gasteiger partial charge in [-0.15, -0.1) is 0 Å². The summed E-state index contributed by atoms with van der Waals surface area (Å²) in [6.07, 6.45) is -3.72. The average Bonchev–Trinajstić information content (AvgIpc) is 2.39. The fraction of sp³-hybridized carbons (Fsp3) is 0.533. The maximum absolute atomic E-state index is 12.8. The molecule has 1 rings (SSSR count). The van der Waals surface area contributed by atoms with Crippen molar-refractivity contribution in [1.29, 1.82) is 5.26 Å². The maximum atomic E-state index is 12.8. The zero-order valence-electron chi connectivity index (χ0n) is 11.5. The fourth-order valence-electron chi connectivity index (χ4n) is 2.35. The lowest BCUT2D eigenvalue weighted by Gasteiger charge is -2.31. The van der Waals surface area contributed by atoms with Gasteiger partial charge in [0.15, 0.2) is 0 Å². The zero-order chi connectivity index (χ0) is 15.4. The van der Waals surface area contributed by atoms with Crippen LogP contribution in [0.4, 0.5) is 13.2 Å². The summed E-state index contributed by atoms with van der Waals surface area (Å²) in [5.41, 5.74) is -1.40. The van der Waals surface area contributed by atoms with Crippen molar-refractivity contribution in [2.24, 2.45) is 5.92 Å². The number of halogens is 3. The second-order valence-corrected chi connectivity index (χ2v) is 5.14. The van der Waals surface area contributed by atoms with Crippen molar-refractivity contribution in [3.05, 3.63) is 35.4 Å². The molecule has 0 aromatic heterocycles. The Bertz CT molecular complexity index is 491. The molecule has 20 heavy (non-hydrogen) atoms. The first-order valence-corrected chi connectivity index (χ1v) is 6.48. The third kappa shape index (κ3) is 3.31. The van der Waals surface area contributed by atoms with E-state index in [9.17, 15) is 18.4 Å². The Morgan fingerprint density at radius 3 is 2.30 bits per heavy atom. The van der Waals surface area contributed by atoms with Crippen LogP contribution < -0.4 is 0 Å². The van der Waals surface area contributed by atoms with Gasteiger partial charge in [0, 0.05) is 6.61 Å². The molecule has 0 aliphatic heterocycles. The van der Waals surface area contributed by atoms with Crippen molar-refractivity contribution in [3.63, 3.8) is 0 Å². The molecule has 0 saturated carbocycles. The predicted octanol–water partition coefficient (Wildman–Crippen LogP) is 3.90. The van der Waals surface area contributed by atoms with Crippen molar-refractivity contribution >= 4 is 0 Å². The molecule has 0 aliphatic carbocycles. The van der Waals surface area contributed by atoms with E-state index in [0.717, 1.165) is 12.1 Å². The Morgan fingerprint density at radius 1 is 1.25 bits per heavy atom. The summed E-state index contributed by atoms with van der Waals surface area (Å²) in [7, 11) is 0. The van der Waals surface area contributed by atoms with E-state index in [1.54, 1.807) is 19.9 Å². The highest BCUT2D eigenvalue weighted by Crippen LogP contribution is 2.39. The number of rotatable bonds is 5. The number of aliphatic hydroxyl groups excluding tert-OH is 1. The van der Waals surface area contributed by atoms with Crippen LogP contribution in [0.15, 0.2) is 24.3 Å². The van der Waals surface area contributed by atoms with Gasteiger partial charge in [-0.25, -0.2) is 0 Å². The van der Waals surface area contributed by atoms with Gasteiger partial charge < -0.3 is 5.11 Å². The van der Waals surface area contributed by atoms with Crippen molar-refractivity contribution < 1.29 is 18.3 Å². The topological polar surface area (TPSA) is 44.0 Å². The fourth-order valence-corrected chi connectivity index (χ4v) is 2.35. The average molecular weight is 285 g/mol. The monoisotopic (exact) mass is 285 g/mol. The summed E-state index contributed by atoms with van der Waals surface area (Å²) in [6.45, 7) is 3.52. The summed E-state index contributed by atoms with van der Waals surface area (Å²) in [4.78, 5) is 0. The number of benzene rings is 1. The van der Waals surface area contributed by atoms with Crippen molar-refractivity contribution in [2.75, 3.05) is 6.61 Å². The molecule has 1 aromatic carbocycles. The van der Waals surface area contributed by atoms with Gasteiger partial charge in [0.25, 0.3) is 0 Å². The predicted molar refractivity (Wildman–Crippen MR) is 69.9 cm³/mol. The molecule has 1 unspecified atom stereocenters. The number of alkyl halides is 3. The third-order valence-electron chi connectivity index (χ3n) is 3.62. The first-order chi connectivity index (χ1) is 9.28. The van der Waals surface area contributed by atoms with Crippen molar-refractivity contribution in [1.82, 2.24) is 0 Å². The van der Waals surface area contributed by atoms with E-state index in [0.29, 0.717) is 18.4 Å². The van der Waals surface area contributed by atoms with Gasteiger partial charge >= 0.3 is 6.18 Å². The molecule has 0 bridgehead atoms. The van der Waals surface area contributed by atoms with Crippen LogP contribution in [0.2, 0.25) is 0 Å². The maximum Gasteiger partial charge on any atom is 0.416 e. The van der Waals surface area contributed by atoms with Gasteiger partial charge in [-0.1, -0.05) is 32.0 Å². The molecule has 5 heteroatoms. The van der Waals surface area contributed by atoms with Crippen LogP contribution >= 0.6 is 0 Å². The summed E-state index contributed by atoms with van der Waals surface area (Å²) in [5, 5.41) is 18.5. The first-order valence-electron chi connectivity index (χ1n) is 6.48. The van der Waals surface area contributed by atoms with E-state index in [4.69, 9.17) is 5.11 Å². The van der Waals surface area contributed by atoms with Crippen LogP contribution in [0.3, 0.4) is 0 Å². The Labute approximate surface area is 116 Å². The molecule has 0 saturated heterocycles. The molecule has 0 aliphatic rings. The molecule has 0 fully saturated rings. The summed E-state index contributed by atoms with van der Waals surface area (Å²) in [6, 6.07) is 7.08. The minimum atomic E-state index is -4.43. The molecular weight excluding hydrogens is 267 g/mol. The molecule has 0 heterocycles. The molecule has 1 atom stereocenters. The molecule has 1 N–H and O–H groups in total. The van der Waals surface area contributed by atoms with Gasteiger partial charge in [-0.2, -0.15) is 18.4 Å². The smallest absolute Gasteiger partial charge is 0.396 e. The van der Waals surface area contributed by atoms with Gasteiger partial charge in [0.2, 0.25) is 0 Å². The van der Waals surface area contributed by atoms with Crippen LogP contribution in [0.1, 0.15) is 37.8 Å². The molecule has 0 radical (unpaired) electrons. The summed E-state index contributed by atoms with van der Waals surface area (Å²) in [5.74, 6) is -0.150. The normalized spacial score (nSPS) is 14.9. The highest BCUT2D eigenvalue weighted by molar-refractivity contribution is 5.37. The van der Waals surface area contributed by atoms with E-state index in [1.165, 1.54) is 6.07 Å². The number of nitrogens with zero attached hydrogens (tertiary/aromatic N) is 1. The molecule has 2 nitrogen and oxygen atoms in total. The van der Waals surface area contributed by atoms with Crippen LogP contribution in [0.5, 0.6) is 0 Å². The van der Waals surface area contributed by atoms with E-state index in [2.05, 4.69) is 6.07 Å². The van der Waals surface area contributed by atoms with E-state index in [-0.39, 0.29) is 12.5 Å².